The van der Waals surface area contributed by atoms with E-state index in [1.807, 2.05) is 6.92 Å². The Bertz CT molecular complexity index is 154. The van der Waals surface area contributed by atoms with Gasteiger partial charge >= 0.3 is 0 Å². The Kier molecular flexibility index (Phi) is 3.29. The van der Waals surface area contributed by atoms with Crippen molar-refractivity contribution in [1.82, 2.24) is 5.32 Å². The Morgan fingerprint density at radius 1 is 1.50 bits per heavy atom. The summed E-state index contributed by atoms with van der Waals surface area (Å²) in [5.41, 5.74) is 1.14. The van der Waals surface area contributed by atoms with Crippen LogP contribution >= 0.6 is 0 Å². The van der Waals surface area contributed by atoms with E-state index in [0.29, 0.717) is 0 Å². The summed E-state index contributed by atoms with van der Waals surface area (Å²) in [6.07, 6.45) is 2.13. The van der Waals surface area contributed by atoms with Crippen LogP contribution in [-0.4, -0.2) is 25.3 Å². The van der Waals surface area contributed by atoms with Gasteiger partial charge in [0.05, 0.1) is 5.60 Å². The fourth-order valence-corrected chi connectivity index (χ4v) is 1.80. The molecule has 0 atom stereocenters. The molecule has 1 N–H and O–H groups in total. The van der Waals surface area contributed by atoms with Gasteiger partial charge in [-0.1, -0.05) is 6.58 Å². The fourth-order valence-electron chi connectivity index (χ4n) is 1.80. The monoisotopic (exact) mass is 169 g/mol. The van der Waals surface area contributed by atoms with Crippen LogP contribution in [0.2, 0.25) is 0 Å². The van der Waals surface area contributed by atoms with Gasteiger partial charge in [-0.3, -0.25) is 0 Å². The molecule has 70 valence electrons. The van der Waals surface area contributed by atoms with Crippen molar-refractivity contribution in [2.24, 2.45) is 0 Å². The van der Waals surface area contributed by atoms with Crippen molar-refractivity contribution in [2.75, 3.05) is 19.7 Å². The number of piperidine rings is 1. The Morgan fingerprint density at radius 2 is 2.08 bits per heavy atom. The van der Waals surface area contributed by atoms with Crippen LogP contribution in [0.3, 0.4) is 0 Å². The van der Waals surface area contributed by atoms with Crippen molar-refractivity contribution >= 4 is 0 Å². The first-order valence-electron chi connectivity index (χ1n) is 4.72. The highest BCUT2D eigenvalue weighted by atomic mass is 16.5. The Balaban J connectivity index is 2.63. The smallest absolute Gasteiger partial charge is 0.0910 e. The third-order valence-electron chi connectivity index (χ3n) is 2.61. The molecule has 1 aliphatic rings. The lowest BCUT2D eigenvalue weighted by Crippen LogP contribution is -2.44. The van der Waals surface area contributed by atoms with Crippen LogP contribution in [0.5, 0.6) is 0 Å². The van der Waals surface area contributed by atoms with Gasteiger partial charge in [0.2, 0.25) is 0 Å². The second-order valence-corrected chi connectivity index (χ2v) is 3.46. The summed E-state index contributed by atoms with van der Waals surface area (Å²) in [5.74, 6) is 0. The zero-order chi connectivity index (χ0) is 9.03. The molecule has 1 heterocycles. The zero-order valence-corrected chi connectivity index (χ0v) is 8.15. The Hall–Kier alpha value is -0.340. The van der Waals surface area contributed by atoms with Gasteiger partial charge in [0.1, 0.15) is 0 Å². The van der Waals surface area contributed by atoms with Gasteiger partial charge < -0.3 is 10.1 Å². The molecule has 1 aliphatic heterocycles. The van der Waals surface area contributed by atoms with Crippen molar-refractivity contribution < 1.29 is 4.74 Å². The maximum absolute atomic E-state index is 5.79. The number of nitrogens with one attached hydrogen (secondary N) is 1. The average Bonchev–Trinajstić information content (AvgIpc) is 2.06. The molecular formula is C10H19NO. The van der Waals surface area contributed by atoms with Crippen LogP contribution in [0, 0.1) is 0 Å². The van der Waals surface area contributed by atoms with Crippen molar-refractivity contribution in [3.63, 3.8) is 0 Å². The molecule has 0 aromatic rings. The van der Waals surface area contributed by atoms with E-state index < -0.39 is 0 Å². The highest BCUT2D eigenvalue weighted by Crippen LogP contribution is 2.29. The molecule has 0 aliphatic carbocycles. The molecule has 1 rings (SSSR count). The van der Waals surface area contributed by atoms with Crippen LogP contribution in [0.4, 0.5) is 0 Å². The standard InChI is InChI=1S/C10H19NO/c1-4-12-10(9(2)3)5-7-11-8-6-10/h11H,2,4-8H2,1,3H3. The van der Waals surface area contributed by atoms with Gasteiger partial charge in [0.25, 0.3) is 0 Å². The summed E-state index contributed by atoms with van der Waals surface area (Å²) in [5, 5.41) is 3.33. The molecule has 0 amide bonds. The van der Waals surface area contributed by atoms with Crippen LogP contribution < -0.4 is 5.32 Å². The van der Waals surface area contributed by atoms with Crippen molar-refractivity contribution in [3.8, 4) is 0 Å². The molecule has 2 nitrogen and oxygen atoms in total. The van der Waals surface area contributed by atoms with Crippen molar-refractivity contribution in [3.05, 3.63) is 12.2 Å². The third-order valence-corrected chi connectivity index (χ3v) is 2.61. The number of rotatable bonds is 3. The predicted molar refractivity (Wildman–Crippen MR) is 51.3 cm³/mol. The first-order valence-corrected chi connectivity index (χ1v) is 4.72. The highest BCUT2D eigenvalue weighted by Gasteiger charge is 2.32. The normalized spacial score (nSPS) is 22.2. The largest absolute Gasteiger partial charge is 0.371 e. The average molecular weight is 169 g/mol. The van der Waals surface area contributed by atoms with E-state index in [0.717, 1.165) is 32.5 Å². The van der Waals surface area contributed by atoms with E-state index >= 15 is 0 Å². The van der Waals surface area contributed by atoms with E-state index in [4.69, 9.17) is 4.74 Å². The van der Waals surface area contributed by atoms with Crippen LogP contribution in [0.15, 0.2) is 12.2 Å². The maximum atomic E-state index is 5.79. The van der Waals surface area contributed by atoms with Gasteiger partial charge in [-0.15, -0.1) is 0 Å². The predicted octanol–water partition coefficient (Wildman–Crippen LogP) is 1.72. The van der Waals surface area contributed by atoms with Crippen LogP contribution in [0.1, 0.15) is 26.7 Å². The molecule has 0 bridgehead atoms. The molecular weight excluding hydrogens is 150 g/mol. The topological polar surface area (TPSA) is 21.3 Å². The Labute approximate surface area is 75.0 Å². The lowest BCUT2D eigenvalue weighted by Gasteiger charge is -2.38. The summed E-state index contributed by atoms with van der Waals surface area (Å²) < 4.78 is 5.79. The van der Waals surface area contributed by atoms with E-state index in [1.165, 1.54) is 5.57 Å². The van der Waals surface area contributed by atoms with Gasteiger partial charge in [0.15, 0.2) is 0 Å². The molecule has 1 saturated heterocycles. The molecule has 2 heteroatoms. The first-order chi connectivity index (χ1) is 5.71. The quantitative estimate of drug-likeness (QED) is 0.649. The van der Waals surface area contributed by atoms with Gasteiger partial charge in [0, 0.05) is 6.61 Å². The maximum Gasteiger partial charge on any atom is 0.0910 e. The van der Waals surface area contributed by atoms with Gasteiger partial charge in [-0.05, 0) is 45.4 Å². The number of ether oxygens (including phenoxy) is 1. The lowest BCUT2D eigenvalue weighted by atomic mass is 9.86. The highest BCUT2D eigenvalue weighted by molar-refractivity contribution is 5.12. The summed E-state index contributed by atoms with van der Waals surface area (Å²) >= 11 is 0. The summed E-state index contributed by atoms with van der Waals surface area (Å²) in [6.45, 7) is 11.0. The minimum Gasteiger partial charge on any atom is -0.371 e. The summed E-state index contributed by atoms with van der Waals surface area (Å²) in [4.78, 5) is 0. The Morgan fingerprint density at radius 3 is 2.50 bits per heavy atom. The molecule has 12 heavy (non-hydrogen) atoms. The fraction of sp³-hybridized carbons (Fsp3) is 0.800. The molecule has 0 saturated carbocycles. The zero-order valence-electron chi connectivity index (χ0n) is 8.15. The van der Waals surface area contributed by atoms with Crippen molar-refractivity contribution in [1.29, 1.82) is 0 Å². The first kappa shape index (κ1) is 9.75. The van der Waals surface area contributed by atoms with Crippen LogP contribution in [-0.2, 0) is 4.74 Å². The van der Waals surface area contributed by atoms with E-state index in [2.05, 4.69) is 18.8 Å². The van der Waals surface area contributed by atoms with Crippen LogP contribution in [0.25, 0.3) is 0 Å². The summed E-state index contributed by atoms with van der Waals surface area (Å²) in [6, 6.07) is 0. The summed E-state index contributed by atoms with van der Waals surface area (Å²) in [7, 11) is 0. The molecule has 0 aromatic carbocycles. The lowest BCUT2D eigenvalue weighted by molar-refractivity contribution is -0.0307. The second-order valence-electron chi connectivity index (χ2n) is 3.46. The van der Waals surface area contributed by atoms with Gasteiger partial charge in [-0.2, -0.15) is 0 Å². The minimum atomic E-state index is -0.0278. The molecule has 1 fully saturated rings. The van der Waals surface area contributed by atoms with E-state index in [-0.39, 0.29) is 5.60 Å². The van der Waals surface area contributed by atoms with E-state index in [9.17, 15) is 0 Å². The number of hydrogen-bond acceptors (Lipinski definition) is 2. The third kappa shape index (κ3) is 1.87. The van der Waals surface area contributed by atoms with Crippen molar-refractivity contribution in [2.45, 2.75) is 32.3 Å². The van der Waals surface area contributed by atoms with Gasteiger partial charge in [-0.25, -0.2) is 0 Å². The number of hydrogen-bond donors (Lipinski definition) is 1. The SMILES string of the molecule is C=C(C)C1(OCC)CCNCC1. The van der Waals surface area contributed by atoms with E-state index in [1.54, 1.807) is 0 Å². The molecule has 0 unspecified atom stereocenters. The molecule has 0 spiro atoms. The second kappa shape index (κ2) is 4.06. The molecule has 0 aromatic heterocycles. The minimum absolute atomic E-state index is 0.0278. The molecule has 0 radical (unpaired) electrons.